The number of carbonyl (C=O) groups excluding carboxylic acids is 4. The number of fused-ring (bicyclic) bond motifs is 4. The summed E-state index contributed by atoms with van der Waals surface area (Å²) in [6.45, 7) is 5.51. The molecule has 0 bridgehead atoms. The van der Waals surface area contributed by atoms with Gasteiger partial charge in [-0.1, -0.05) is 184 Å². The molecule has 1 aliphatic rings. The normalized spacial score (nSPS) is 14.0. The molecule has 1 saturated carbocycles. The molecule has 1 aliphatic carbocycles. The second kappa shape index (κ2) is 50.4. The summed E-state index contributed by atoms with van der Waals surface area (Å²) in [4.78, 5) is 138. The maximum Gasteiger partial charge on any atom is 0.356 e. The van der Waals surface area contributed by atoms with Gasteiger partial charge in [0.1, 0.15) is 51.8 Å². The Morgan fingerprint density at radius 3 is 0.962 bits per heavy atom. The van der Waals surface area contributed by atoms with Crippen LogP contribution in [0.4, 0.5) is 23.8 Å². The Hall–Kier alpha value is -12.4. The molecule has 14 rings (SSSR count). The molecular formula is C85H102N20O24P4. The van der Waals surface area contributed by atoms with Crippen LogP contribution < -0.4 is 45.2 Å². The molecule has 0 saturated heterocycles. The standard InChI is InChI=1S/C23H30N5O6P.C23H24N5O6P.C20H24N5O6P.C19H24N5O6P/c2*24-23-26-21-20(22(30)27-23)25-15-28(21)11-12-32-16-35(31,33-13-17-7-3-1-4-8-17)34-14-19(29)18-9-5-2-6-10-18;1-2-6-16(26)12-31-32(28,30-11-15-7-4-3-5-8-15)14-29-10-9-25-13-22-17-18(25)23-20(21)24-19(17)27;1-2-15(25)11-30-31(27,29-10-14-6-4-3-5-7-14)13-28-9-8-24-12-21-16-17(24)22-19(20)23-18(16)26/h1,3-4,7-8,15,18H,2,5-6,9-14,16H2,(H3,24,26,27,30);1-10,15H,11-14,16H2,(H3,24,26,27,30);2-5,7-8,13H,1,6,9-12,14H2,(H3,21,23,24,27);3-7,12H,2,8-11,13H2,1H3,(H3,20,22,23,26). The van der Waals surface area contributed by atoms with Crippen molar-refractivity contribution >= 4 is 122 Å². The van der Waals surface area contributed by atoms with E-state index in [9.17, 15) is 56.6 Å². The Morgan fingerprint density at radius 2 is 0.669 bits per heavy atom. The van der Waals surface area contributed by atoms with Crippen LogP contribution in [0.1, 0.15) is 84.5 Å². The maximum atomic E-state index is 13.4. The highest BCUT2D eigenvalue weighted by molar-refractivity contribution is 7.54. The fourth-order valence-electron chi connectivity index (χ4n) is 12.6. The van der Waals surface area contributed by atoms with Crippen LogP contribution in [0.5, 0.6) is 0 Å². The van der Waals surface area contributed by atoms with Crippen molar-refractivity contribution in [3.8, 4) is 0 Å². The number of allylic oxidation sites excluding steroid dienone is 1. The molecule has 4 atom stereocenters. The number of nitrogens with two attached hydrogens (primary N) is 4. The lowest BCUT2D eigenvalue weighted by molar-refractivity contribution is -0.126. The average molecular weight is 1910 g/mol. The number of benzene rings is 5. The van der Waals surface area contributed by atoms with Crippen LogP contribution in [0.2, 0.25) is 0 Å². The molecule has 12 N–H and O–H groups in total. The summed E-state index contributed by atoms with van der Waals surface area (Å²) < 4.78 is 126. The maximum absolute atomic E-state index is 13.4. The Bertz CT molecular complexity index is 6480. The number of H-pyrrole nitrogens is 4. The number of ether oxygens (including phenoxy) is 4. The molecule has 5 aromatic carbocycles. The van der Waals surface area contributed by atoms with Gasteiger partial charge in [-0.05, 0) is 35.1 Å². The zero-order chi connectivity index (χ0) is 94.6. The Kier molecular flexibility index (Phi) is 38.3. The Labute approximate surface area is 759 Å². The van der Waals surface area contributed by atoms with Crippen LogP contribution in [0.25, 0.3) is 44.7 Å². The number of imidazole rings is 4. The summed E-state index contributed by atoms with van der Waals surface area (Å²) >= 11 is 0. The number of nitrogen functional groups attached to an aromatic ring is 4. The molecule has 4 unspecified atom stereocenters. The van der Waals surface area contributed by atoms with Crippen LogP contribution in [-0.2, 0) is 140 Å². The number of hydrogen-bond acceptors (Lipinski definition) is 36. The zero-order valence-electron chi connectivity index (χ0n) is 72.5. The molecule has 8 heterocycles. The summed E-state index contributed by atoms with van der Waals surface area (Å²) in [5.41, 5.74) is 26.2. The summed E-state index contributed by atoms with van der Waals surface area (Å²) in [6, 6.07) is 45.4. The smallest absolute Gasteiger partial charge is 0.356 e. The van der Waals surface area contributed by atoms with Crippen LogP contribution >= 0.6 is 30.4 Å². The van der Waals surface area contributed by atoms with Gasteiger partial charge in [-0.2, -0.15) is 19.9 Å². The Morgan fingerprint density at radius 1 is 0.391 bits per heavy atom. The minimum absolute atomic E-state index is 0.0139. The topological polar surface area (TPSA) is 606 Å². The number of aromatic amines is 4. The number of nitrogens with zero attached hydrogens (tertiary/aromatic N) is 12. The number of anilines is 4. The first kappa shape index (κ1) is 101. The summed E-state index contributed by atoms with van der Waals surface area (Å²) in [7, 11) is -14.9. The van der Waals surface area contributed by atoms with Gasteiger partial charge in [0.25, 0.3) is 22.2 Å². The highest BCUT2D eigenvalue weighted by Gasteiger charge is 2.33. The van der Waals surface area contributed by atoms with Crippen molar-refractivity contribution < 1.29 is 92.6 Å². The quantitative estimate of drug-likeness (QED) is 0.00760. The first-order valence-electron chi connectivity index (χ1n) is 41.7. The third kappa shape index (κ3) is 31.6. The van der Waals surface area contributed by atoms with E-state index in [2.05, 4.69) is 66.4 Å². The van der Waals surface area contributed by atoms with Gasteiger partial charge >= 0.3 is 30.4 Å². The van der Waals surface area contributed by atoms with E-state index >= 15 is 0 Å². The van der Waals surface area contributed by atoms with Crippen molar-refractivity contribution in [3.63, 3.8) is 0 Å². The minimum Gasteiger partial charge on any atom is -0.369 e. The van der Waals surface area contributed by atoms with Crippen LogP contribution in [0, 0.1) is 5.92 Å². The molecule has 706 valence electrons. The fraction of sp³-hybridized carbons (Fsp3) is 0.341. The molecule has 44 nitrogen and oxygen atoms in total. The third-order valence-electron chi connectivity index (χ3n) is 19.5. The van der Waals surface area contributed by atoms with E-state index in [0.29, 0.717) is 28.2 Å². The SMILES string of the molecule is C=CCC(=O)COP(=O)(COCCn1cnc2c(=O)[nH]c(N)nc21)OCc1ccccc1.CCC(=O)COP(=O)(COCCn1cnc2c(=O)[nH]c(N)nc21)OCc1ccccc1.Nc1nc2c(ncn2CCOCP(=O)(OCC(=O)C2CCCCC2)OCc2ccccc2)c(=O)[nH]1.Nc1nc2c(ncn2CCOCP(=O)(OCC(=O)c2ccccc2)OCc2ccccc2)c(=O)[nH]1. The van der Waals surface area contributed by atoms with Crippen LogP contribution in [0.3, 0.4) is 0 Å². The lowest BCUT2D eigenvalue weighted by Crippen LogP contribution is -2.22. The molecule has 0 amide bonds. The van der Waals surface area contributed by atoms with Crippen LogP contribution in [-0.4, -0.2) is 179 Å². The molecule has 48 heteroatoms. The highest BCUT2D eigenvalue weighted by atomic mass is 31.2. The second-order valence-corrected chi connectivity index (χ2v) is 37.5. The predicted molar refractivity (Wildman–Crippen MR) is 490 cm³/mol. The van der Waals surface area contributed by atoms with E-state index in [4.69, 9.17) is 78.1 Å². The third-order valence-corrected chi connectivity index (χ3v) is 25.7. The van der Waals surface area contributed by atoms with E-state index in [1.165, 1.54) is 31.4 Å². The van der Waals surface area contributed by atoms with E-state index in [0.717, 1.165) is 54.4 Å². The van der Waals surface area contributed by atoms with Crippen molar-refractivity contribution in [2.75, 3.05) is 101 Å². The Balaban J connectivity index is 0.000000171. The molecule has 133 heavy (non-hydrogen) atoms. The summed E-state index contributed by atoms with van der Waals surface area (Å²) in [6.07, 6.45) is 11.1. The first-order valence-corrected chi connectivity index (χ1v) is 48.6. The van der Waals surface area contributed by atoms with Gasteiger partial charge < -0.3 is 78.2 Å². The van der Waals surface area contributed by atoms with Crippen molar-refractivity contribution in [2.45, 2.75) is 104 Å². The van der Waals surface area contributed by atoms with Gasteiger partial charge in [0, 0.05) is 50.5 Å². The van der Waals surface area contributed by atoms with Crippen molar-refractivity contribution in [1.82, 2.24) is 78.1 Å². The van der Waals surface area contributed by atoms with Crippen molar-refractivity contribution in [1.29, 1.82) is 0 Å². The predicted octanol–water partition coefficient (Wildman–Crippen LogP) is 10.6. The fourth-order valence-corrected chi connectivity index (χ4v) is 17.6. The largest absolute Gasteiger partial charge is 0.369 e. The molecule has 13 aromatic rings. The van der Waals surface area contributed by atoms with E-state index in [1.807, 2.05) is 121 Å². The number of Topliss-reactive ketones (excluding diaryl/α,β-unsaturated/α-hetero) is 4. The number of carbonyl (C=O) groups is 4. The number of nitrogens with one attached hydrogen (secondary N) is 4. The van der Waals surface area contributed by atoms with E-state index < -0.39 is 59.2 Å². The lowest BCUT2D eigenvalue weighted by Gasteiger charge is -2.22. The molecular weight excluding hydrogens is 1810 g/mol. The van der Waals surface area contributed by atoms with Gasteiger partial charge in [0.2, 0.25) is 23.8 Å². The van der Waals surface area contributed by atoms with Gasteiger partial charge in [0.15, 0.2) is 67.8 Å². The average Bonchev–Trinajstić information content (AvgIpc) is 1.68. The van der Waals surface area contributed by atoms with Gasteiger partial charge in [-0.3, -0.25) is 94.6 Å². The molecule has 0 radical (unpaired) electrons. The minimum atomic E-state index is -3.79. The highest BCUT2D eigenvalue weighted by Crippen LogP contribution is 2.52. The lowest BCUT2D eigenvalue weighted by atomic mass is 9.86. The number of rotatable bonds is 49. The summed E-state index contributed by atoms with van der Waals surface area (Å²) in [5, 5.41) is 0. The van der Waals surface area contributed by atoms with Crippen LogP contribution in [0.15, 0.2) is 209 Å². The molecule has 0 aliphatic heterocycles. The van der Waals surface area contributed by atoms with Gasteiger partial charge in [-0.15, -0.1) is 6.58 Å². The molecule has 0 spiro atoms. The van der Waals surface area contributed by atoms with E-state index in [1.54, 1.807) is 55.5 Å². The molecule has 1 fully saturated rings. The first-order chi connectivity index (χ1) is 64.2. The van der Waals surface area contributed by atoms with Crippen molar-refractivity contribution in [3.05, 3.63) is 259 Å². The van der Waals surface area contributed by atoms with Gasteiger partial charge in [-0.25, -0.2) is 19.9 Å². The molecule has 8 aromatic heterocycles. The monoisotopic (exact) mass is 1910 g/mol. The second-order valence-electron chi connectivity index (χ2n) is 29.5. The number of aromatic nitrogens is 16. The van der Waals surface area contributed by atoms with E-state index in [-0.39, 0.29) is 212 Å². The summed E-state index contributed by atoms with van der Waals surface area (Å²) in [5.74, 6) is -0.982. The zero-order valence-corrected chi connectivity index (χ0v) is 76.0. The number of hydrogen-bond donors (Lipinski definition) is 8. The number of ketones is 4. The van der Waals surface area contributed by atoms with Crippen molar-refractivity contribution in [2.24, 2.45) is 5.92 Å². The van der Waals surface area contributed by atoms with Gasteiger partial charge in [0.05, 0.1) is 78.2 Å².